The number of aliphatic carboxylic acids is 1. The lowest BCUT2D eigenvalue weighted by Gasteiger charge is -2.17. The molecule has 0 saturated carbocycles. The van der Waals surface area contributed by atoms with Gasteiger partial charge in [0.05, 0.1) is 11.8 Å². The highest BCUT2D eigenvalue weighted by molar-refractivity contribution is 5.97. The molecular weight excluding hydrogens is 222 g/mol. The molecule has 1 amide bonds. The number of aryl methyl sites for hydroxylation is 1. The third-order valence-corrected chi connectivity index (χ3v) is 2.70. The Balaban J connectivity index is 2.85. The van der Waals surface area contributed by atoms with Crippen LogP contribution in [0.4, 0.5) is 0 Å². The quantitative estimate of drug-likeness (QED) is 0.804. The summed E-state index contributed by atoms with van der Waals surface area (Å²) in [5.74, 6) is -1.61. The summed E-state index contributed by atoms with van der Waals surface area (Å²) in [5.41, 5.74) is 1.11. The minimum absolute atomic E-state index is 0.173. The first-order valence-corrected chi connectivity index (χ1v) is 5.36. The van der Waals surface area contributed by atoms with Gasteiger partial charge in [-0.25, -0.2) is 4.79 Å². The van der Waals surface area contributed by atoms with E-state index in [1.807, 2.05) is 0 Å². The second-order valence-electron chi connectivity index (χ2n) is 4.30. The summed E-state index contributed by atoms with van der Waals surface area (Å²) in [4.78, 5) is 22.8. The first-order valence-electron chi connectivity index (χ1n) is 5.36. The smallest absolute Gasteiger partial charge is 0.326 e. The average molecular weight is 239 g/mol. The van der Waals surface area contributed by atoms with Crippen molar-refractivity contribution in [3.63, 3.8) is 0 Å². The van der Waals surface area contributed by atoms with Gasteiger partial charge in [0.25, 0.3) is 5.91 Å². The number of carboxylic acid groups (broad SMARTS) is 1. The molecule has 94 valence electrons. The Morgan fingerprint density at radius 2 is 2.06 bits per heavy atom. The molecule has 0 aliphatic rings. The lowest BCUT2D eigenvalue weighted by Crippen LogP contribution is -2.44. The van der Waals surface area contributed by atoms with Gasteiger partial charge in [0.2, 0.25) is 0 Å². The first-order chi connectivity index (χ1) is 7.84. The van der Waals surface area contributed by atoms with Crippen molar-refractivity contribution in [2.45, 2.75) is 26.8 Å². The number of carboxylic acids is 1. The standard InChI is InChI=1S/C11H17N3O3/c1-6(2)9(11(16)17)13-10(15)8-5-12-14(4)7(8)3/h5-6,9H,1-4H3,(H,13,15)(H,16,17)/t9-/m1/s1. The van der Waals surface area contributed by atoms with Gasteiger partial charge in [0.15, 0.2) is 0 Å². The van der Waals surface area contributed by atoms with E-state index in [-0.39, 0.29) is 5.92 Å². The van der Waals surface area contributed by atoms with Crippen LogP contribution in [0.15, 0.2) is 6.20 Å². The van der Waals surface area contributed by atoms with Gasteiger partial charge < -0.3 is 10.4 Å². The van der Waals surface area contributed by atoms with Crippen molar-refractivity contribution in [1.29, 1.82) is 0 Å². The molecule has 17 heavy (non-hydrogen) atoms. The van der Waals surface area contributed by atoms with Crippen LogP contribution in [0.1, 0.15) is 29.9 Å². The van der Waals surface area contributed by atoms with Crippen LogP contribution in [0.3, 0.4) is 0 Å². The van der Waals surface area contributed by atoms with E-state index in [4.69, 9.17) is 5.11 Å². The molecule has 0 radical (unpaired) electrons. The average Bonchev–Trinajstić information content (AvgIpc) is 2.55. The molecule has 1 aromatic rings. The fourth-order valence-electron chi connectivity index (χ4n) is 1.45. The van der Waals surface area contributed by atoms with E-state index in [1.165, 1.54) is 6.20 Å². The Hall–Kier alpha value is -1.85. The van der Waals surface area contributed by atoms with Crippen LogP contribution < -0.4 is 5.32 Å². The van der Waals surface area contributed by atoms with Crippen LogP contribution in [-0.2, 0) is 11.8 Å². The highest BCUT2D eigenvalue weighted by Crippen LogP contribution is 2.08. The highest BCUT2D eigenvalue weighted by atomic mass is 16.4. The molecule has 0 spiro atoms. The fourth-order valence-corrected chi connectivity index (χ4v) is 1.45. The van der Waals surface area contributed by atoms with Crippen molar-refractivity contribution in [3.05, 3.63) is 17.5 Å². The zero-order valence-electron chi connectivity index (χ0n) is 10.4. The molecule has 6 heteroatoms. The number of nitrogens with one attached hydrogen (secondary N) is 1. The molecule has 0 unspecified atom stereocenters. The fraction of sp³-hybridized carbons (Fsp3) is 0.545. The maximum absolute atomic E-state index is 11.9. The molecule has 6 nitrogen and oxygen atoms in total. The van der Waals surface area contributed by atoms with Crippen LogP contribution in [0.25, 0.3) is 0 Å². The summed E-state index contributed by atoms with van der Waals surface area (Å²) >= 11 is 0. The molecule has 1 aromatic heterocycles. The van der Waals surface area contributed by atoms with Gasteiger partial charge in [-0.15, -0.1) is 0 Å². The molecule has 2 N–H and O–H groups in total. The molecule has 0 aliphatic carbocycles. The van der Waals surface area contributed by atoms with Crippen molar-refractivity contribution < 1.29 is 14.7 Å². The van der Waals surface area contributed by atoms with Crippen LogP contribution in [0.5, 0.6) is 0 Å². The number of hydrogen-bond donors (Lipinski definition) is 2. The molecule has 0 saturated heterocycles. The summed E-state index contributed by atoms with van der Waals surface area (Å²) in [6.07, 6.45) is 1.43. The number of carbonyl (C=O) groups is 2. The van der Waals surface area contributed by atoms with Gasteiger partial charge in [0.1, 0.15) is 6.04 Å². The van der Waals surface area contributed by atoms with Crippen LogP contribution in [0.2, 0.25) is 0 Å². The predicted octanol–water partition coefficient (Wildman–Crippen LogP) is 0.568. The second-order valence-corrected chi connectivity index (χ2v) is 4.30. The first kappa shape index (κ1) is 13.2. The van der Waals surface area contributed by atoms with E-state index >= 15 is 0 Å². The van der Waals surface area contributed by atoms with E-state index < -0.39 is 17.9 Å². The van der Waals surface area contributed by atoms with Gasteiger partial charge in [-0.05, 0) is 12.8 Å². The maximum Gasteiger partial charge on any atom is 0.326 e. The Morgan fingerprint density at radius 1 is 1.47 bits per heavy atom. The normalized spacial score (nSPS) is 12.5. The van der Waals surface area contributed by atoms with E-state index in [0.29, 0.717) is 11.3 Å². The maximum atomic E-state index is 11.9. The second kappa shape index (κ2) is 4.99. The van der Waals surface area contributed by atoms with E-state index in [0.717, 1.165) is 0 Å². The van der Waals surface area contributed by atoms with Crippen molar-refractivity contribution in [2.24, 2.45) is 13.0 Å². The zero-order chi connectivity index (χ0) is 13.2. The van der Waals surface area contributed by atoms with Crippen molar-refractivity contribution in [1.82, 2.24) is 15.1 Å². The summed E-state index contributed by atoms with van der Waals surface area (Å²) in [7, 11) is 1.73. The van der Waals surface area contributed by atoms with Gasteiger partial charge in [-0.2, -0.15) is 5.10 Å². The van der Waals surface area contributed by atoms with Crippen molar-refractivity contribution in [2.75, 3.05) is 0 Å². The zero-order valence-corrected chi connectivity index (χ0v) is 10.4. The molecule has 0 aromatic carbocycles. The summed E-state index contributed by atoms with van der Waals surface area (Å²) in [6.45, 7) is 5.25. The Morgan fingerprint density at radius 3 is 2.41 bits per heavy atom. The topological polar surface area (TPSA) is 84.2 Å². The van der Waals surface area contributed by atoms with Crippen molar-refractivity contribution >= 4 is 11.9 Å². The molecule has 0 aliphatic heterocycles. The van der Waals surface area contributed by atoms with Crippen LogP contribution >= 0.6 is 0 Å². The minimum atomic E-state index is -1.03. The summed E-state index contributed by atoms with van der Waals surface area (Å²) < 4.78 is 1.57. The van der Waals surface area contributed by atoms with E-state index in [1.54, 1.807) is 32.5 Å². The van der Waals surface area contributed by atoms with Crippen LogP contribution in [0, 0.1) is 12.8 Å². The monoisotopic (exact) mass is 239 g/mol. The largest absolute Gasteiger partial charge is 0.480 e. The number of aromatic nitrogens is 2. The Labute approximate surface area is 99.6 Å². The van der Waals surface area contributed by atoms with Crippen molar-refractivity contribution in [3.8, 4) is 0 Å². The van der Waals surface area contributed by atoms with Gasteiger partial charge >= 0.3 is 5.97 Å². The number of nitrogens with zero attached hydrogens (tertiary/aromatic N) is 2. The lowest BCUT2D eigenvalue weighted by atomic mass is 10.0. The minimum Gasteiger partial charge on any atom is -0.480 e. The molecule has 0 bridgehead atoms. The van der Waals surface area contributed by atoms with Gasteiger partial charge in [-0.3, -0.25) is 9.48 Å². The molecule has 0 fully saturated rings. The molecule has 1 rings (SSSR count). The Kier molecular flexibility index (Phi) is 3.88. The summed E-state index contributed by atoms with van der Waals surface area (Å²) in [6, 6.07) is -0.887. The summed E-state index contributed by atoms with van der Waals surface area (Å²) in [5, 5.41) is 15.4. The number of amides is 1. The SMILES string of the molecule is Cc1c(C(=O)N[C@@H](C(=O)O)C(C)C)cnn1C. The third kappa shape index (κ3) is 2.83. The van der Waals surface area contributed by atoms with E-state index in [2.05, 4.69) is 10.4 Å². The number of hydrogen-bond acceptors (Lipinski definition) is 3. The number of carbonyl (C=O) groups excluding carboxylic acids is 1. The van der Waals surface area contributed by atoms with Crippen LogP contribution in [-0.4, -0.2) is 32.8 Å². The predicted molar refractivity (Wildman–Crippen MR) is 61.7 cm³/mol. The third-order valence-electron chi connectivity index (χ3n) is 2.70. The highest BCUT2D eigenvalue weighted by Gasteiger charge is 2.25. The molecular formula is C11H17N3O3. The van der Waals surface area contributed by atoms with E-state index in [9.17, 15) is 9.59 Å². The van der Waals surface area contributed by atoms with Gasteiger partial charge in [-0.1, -0.05) is 13.8 Å². The molecule has 1 heterocycles. The number of rotatable bonds is 4. The Bertz CT molecular complexity index is 437. The van der Waals surface area contributed by atoms with Gasteiger partial charge in [0, 0.05) is 12.7 Å². The lowest BCUT2D eigenvalue weighted by molar-refractivity contribution is -0.140. The molecule has 1 atom stereocenters.